The molecule has 0 aliphatic carbocycles. The van der Waals surface area contributed by atoms with Gasteiger partial charge in [0.05, 0.1) is 5.69 Å². The molecular formula is C11H21IN4O. The summed E-state index contributed by atoms with van der Waals surface area (Å²) >= 11 is 0. The normalized spacial score (nSPS) is 12.9. The summed E-state index contributed by atoms with van der Waals surface area (Å²) in [6.07, 6.45) is 0. The number of hydrogen-bond acceptors (Lipinski definition) is 3. The van der Waals surface area contributed by atoms with Crippen LogP contribution in [0.3, 0.4) is 0 Å². The first-order valence-electron chi connectivity index (χ1n) is 5.41. The van der Waals surface area contributed by atoms with Crippen molar-refractivity contribution in [3.8, 4) is 0 Å². The lowest BCUT2D eigenvalue weighted by molar-refractivity contribution is 0.391. The fourth-order valence-corrected chi connectivity index (χ4v) is 1.82. The monoisotopic (exact) mass is 352 g/mol. The first-order valence-corrected chi connectivity index (χ1v) is 5.41. The number of aryl methyl sites for hydroxylation is 2. The molecular weight excluding hydrogens is 331 g/mol. The summed E-state index contributed by atoms with van der Waals surface area (Å²) in [5.74, 6) is 2.03. The quantitative estimate of drug-likeness (QED) is 0.495. The molecule has 1 heterocycles. The Balaban J connectivity index is 0.00000256. The highest BCUT2D eigenvalue weighted by Gasteiger charge is 2.16. The third-order valence-corrected chi connectivity index (χ3v) is 2.62. The lowest BCUT2D eigenvalue weighted by atomic mass is 10.00. The minimum absolute atomic E-state index is 0. The average Bonchev–Trinajstić information content (AvgIpc) is 2.60. The molecule has 1 unspecified atom stereocenters. The van der Waals surface area contributed by atoms with Crippen molar-refractivity contribution >= 4 is 29.9 Å². The Bertz CT molecular complexity index is 356. The molecule has 5 nitrogen and oxygen atoms in total. The highest BCUT2D eigenvalue weighted by molar-refractivity contribution is 14.0. The molecule has 0 amide bonds. The van der Waals surface area contributed by atoms with Gasteiger partial charge in [-0.05, 0) is 13.8 Å². The molecule has 0 radical (unpaired) electrons. The second-order valence-corrected chi connectivity index (χ2v) is 3.84. The Morgan fingerprint density at radius 1 is 1.47 bits per heavy atom. The average molecular weight is 352 g/mol. The number of guanidine groups is 1. The van der Waals surface area contributed by atoms with Crippen LogP contribution in [-0.4, -0.2) is 31.8 Å². The van der Waals surface area contributed by atoms with Crippen molar-refractivity contribution < 1.29 is 4.52 Å². The van der Waals surface area contributed by atoms with Gasteiger partial charge in [0.2, 0.25) is 0 Å². The van der Waals surface area contributed by atoms with Crippen LogP contribution in [0.5, 0.6) is 0 Å². The zero-order valence-electron chi connectivity index (χ0n) is 11.0. The van der Waals surface area contributed by atoms with Crippen molar-refractivity contribution in [1.82, 2.24) is 15.8 Å². The van der Waals surface area contributed by atoms with Gasteiger partial charge >= 0.3 is 0 Å². The van der Waals surface area contributed by atoms with E-state index in [0.29, 0.717) is 5.92 Å². The predicted molar refractivity (Wildman–Crippen MR) is 80.2 cm³/mol. The van der Waals surface area contributed by atoms with Crippen LogP contribution < -0.4 is 10.6 Å². The van der Waals surface area contributed by atoms with Crippen LogP contribution in [0.15, 0.2) is 9.52 Å². The van der Waals surface area contributed by atoms with Gasteiger partial charge in [0.1, 0.15) is 5.76 Å². The van der Waals surface area contributed by atoms with Crippen LogP contribution in [0.25, 0.3) is 0 Å². The first-order chi connectivity index (χ1) is 7.60. The molecule has 0 aliphatic heterocycles. The van der Waals surface area contributed by atoms with E-state index in [-0.39, 0.29) is 24.0 Å². The second-order valence-electron chi connectivity index (χ2n) is 3.84. The Labute approximate surface area is 119 Å². The topological polar surface area (TPSA) is 62.5 Å². The summed E-state index contributed by atoms with van der Waals surface area (Å²) in [6, 6.07) is 0. The zero-order chi connectivity index (χ0) is 12.1. The van der Waals surface area contributed by atoms with Crippen molar-refractivity contribution in [3.63, 3.8) is 0 Å². The van der Waals surface area contributed by atoms with Gasteiger partial charge in [0.25, 0.3) is 0 Å². The number of nitrogens with zero attached hydrogens (tertiary/aromatic N) is 2. The van der Waals surface area contributed by atoms with Gasteiger partial charge in [-0.15, -0.1) is 24.0 Å². The van der Waals surface area contributed by atoms with Crippen LogP contribution in [-0.2, 0) is 0 Å². The van der Waals surface area contributed by atoms with Gasteiger partial charge in [-0.3, -0.25) is 4.99 Å². The minimum Gasteiger partial charge on any atom is -0.361 e. The molecule has 1 aromatic heterocycles. The van der Waals surface area contributed by atoms with E-state index in [1.54, 1.807) is 7.05 Å². The Kier molecular flexibility index (Phi) is 7.17. The maximum atomic E-state index is 5.15. The first kappa shape index (κ1) is 16.2. The van der Waals surface area contributed by atoms with Crippen molar-refractivity contribution in [2.45, 2.75) is 26.7 Å². The standard InChI is InChI=1S/C11H20N4O.HI/c1-7(6-14-11(12-4)13-5)10-8(2)15-16-9(10)3;/h7H,6H2,1-5H3,(H2,12,13,14);1H. The van der Waals surface area contributed by atoms with E-state index in [0.717, 1.165) is 24.0 Å². The number of hydrogen-bond donors (Lipinski definition) is 2. The number of halogens is 1. The van der Waals surface area contributed by atoms with Crippen LogP contribution >= 0.6 is 24.0 Å². The van der Waals surface area contributed by atoms with Gasteiger partial charge in [-0.25, -0.2) is 0 Å². The lowest BCUT2D eigenvalue weighted by Crippen LogP contribution is -2.36. The van der Waals surface area contributed by atoms with E-state index in [4.69, 9.17) is 4.52 Å². The van der Waals surface area contributed by atoms with E-state index >= 15 is 0 Å². The van der Waals surface area contributed by atoms with Gasteiger partial charge in [-0.1, -0.05) is 12.1 Å². The van der Waals surface area contributed by atoms with E-state index in [1.807, 2.05) is 20.9 Å². The Morgan fingerprint density at radius 2 is 2.12 bits per heavy atom. The summed E-state index contributed by atoms with van der Waals surface area (Å²) in [5.41, 5.74) is 2.14. The molecule has 0 saturated carbocycles. The fraction of sp³-hybridized carbons (Fsp3) is 0.636. The molecule has 0 aromatic carbocycles. The molecule has 0 aliphatic rings. The van der Waals surface area contributed by atoms with E-state index in [1.165, 1.54) is 5.56 Å². The van der Waals surface area contributed by atoms with Gasteiger partial charge < -0.3 is 15.2 Å². The number of nitrogens with one attached hydrogen (secondary N) is 2. The maximum Gasteiger partial charge on any atom is 0.190 e. The molecule has 0 bridgehead atoms. The lowest BCUT2D eigenvalue weighted by Gasteiger charge is -2.14. The van der Waals surface area contributed by atoms with Crippen LogP contribution in [0.1, 0.15) is 29.9 Å². The SMILES string of the molecule is CN=C(NC)NCC(C)c1c(C)noc1C.I. The Hall–Kier alpha value is -0.790. The molecule has 98 valence electrons. The van der Waals surface area contributed by atoms with E-state index in [2.05, 4.69) is 27.7 Å². The minimum atomic E-state index is 0. The third kappa shape index (κ3) is 4.18. The van der Waals surface area contributed by atoms with E-state index < -0.39 is 0 Å². The smallest absolute Gasteiger partial charge is 0.190 e. The highest BCUT2D eigenvalue weighted by atomic mass is 127. The van der Waals surface area contributed by atoms with Crippen molar-refractivity contribution in [3.05, 3.63) is 17.0 Å². The summed E-state index contributed by atoms with van der Waals surface area (Å²) in [6.45, 7) is 6.85. The molecule has 17 heavy (non-hydrogen) atoms. The molecule has 0 saturated heterocycles. The third-order valence-electron chi connectivity index (χ3n) is 2.62. The zero-order valence-corrected chi connectivity index (χ0v) is 13.3. The molecule has 1 aromatic rings. The van der Waals surface area contributed by atoms with Crippen LogP contribution in [0.2, 0.25) is 0 Å². The van der Waals surface area contributed by atoms with Crippen molar-refractivity contribution in [2.24, 2.45) is 4.99 Å². The number of rotatable bonds is 3. The summed E-state index contributed by atoms with van der Waals surface area (Å²) < 4.78 is 5.15. The van der Waals surface area contributed by atoms with Gasteiger partial charge in [-0.2, -0.15) is 0 Å². The second kappa shape index (κ2) is 7.52. The molecule has 0 fully saturated rings. The maximum absolute atomic E-state index is 5.15. The fourth-order valence-electron chi connectivity index (χ4n) is 1.82. The van der Waals surface area contributed by atoms with Crippen molar-refractivity contribution in [1.29, 1.82) is 0 Å². The Morgan fingerprint density at radius 3 is 2.53 bits per heavy atom. The predicted octanol–water partition coefficient (Wildman–Crippen LogP) is 1.81. The van der Waals surface area contributed by atoms with Gasteiger partial charge in [0, 0.05) is 32.1 Å². The molecule has 0 spiro atoms. The molecule has 2 N–H and O–H groups in total. The van der Waals surface area contributed by atoms with Crippen LogP contribution in [0.4, 0.5) is 0 Å². The molecule has 1 atom stereocenters. The number of aliphatic imine (C=N–C) groups is 1. The summed E-state index contributed by atoms with van der Waals surface area (Å²) in [5, 5.41) is 10.2. The summed E-state index contributed by atoms with van der Waals surface area (Å²) in [4.78, 5) is 4.06. The highest BCUT2D eigenvalue weighted by Crippen LogP contribution is 2.22. The molecule has 1 rings (SSSR count). The number of aromatic nitrogens is 1. The largest absolute Gasteiger partial charge is 0.361 e. The van der Waals surface area contributed by atoms with Gasteiger partial charge in [0.15, 0.2) is 5.96 Å². The van der Waals surface area contributed by atoms with E-state index in [9.17, 15) is 0 Å². The van der Waals surface area contributed by atoms with Crippen molar-refractivity contribution in [2.75, 3.05) is 20.6 Å². The van der Waals surface area contributed by atoms with Crippen LogP contribution in [0, 0.1) is 13.8 Å². The summed E-state index contributed by atoms with van der Waals surface area (Å²) in [7, 11) is 3.59. The molecule has 6 heteroatoms.